The van der Waals surface area contributed by atoms with Gasteiger partial charge in [-0.25, -0.2) is 0 Å². The minimum absolute atomic E-state index is 0.110. The number of hydrogen-bond donors (Lipinski definition) is 2. The van der Waals surface area contributed by atoms with Crippen molar-refractivity contribution in [1.29, 1.82) is 0 Å². The van der Waals surface area contributed by atoms with E-state index in [-0.39, 0.29) is 12.8 Å². The minimum Gasteiger partial charge on any atom is -0.454 e. The van der Waals surface area contributed by atoms with Crippen molar-refractivity contribution in [2.24, 2.45) is 0 Å². The van der Waals surface area contributed by atoms with Gasteiger partial charge in [0, 0.05) is 5.57 Å². The zero-order chi connectivity index (χ0) is 18.9. The molecule has 0 bridgehead atoms. The predicted octanol–water partition coefficient (Wildman–Crippen LogP) is 4.50. The lowest BCUT2D eigenvalue weighted by Crippen LogP contribution is -2.42. The van der Waals surface area contributed by atoms with Crippen LogP contribution in [0.2, 0.25) is 0 Å². The highest BCUT2D eigenvalue weighted by Gasteiger charge is 2.29. The van der Waals surface area contributed by atoms with Crippen LogP contribution in [0.15, 0.2) is 78.9 Å². The first-order chi connectivity index (χ1) is 13.8. The second kappa shape index (κ2) is 7.02. The molecule has 138 valence electrons. The molecule has 1 atom stereocenters. The van der Waals surface area contributed by atoms with Crippen molar-refractivity contribution in [3.05, 3.63) is 95.6 Å². The first kappa shape index (κ1) is 16.8. The van der Waals surface area contributed by atoms with Gasteiger partial charge in [-0.05, 0) is 41.0 Å². The average molecular weight is 386 g/mol. The molecule has 0 fully saturated rings. The van der Waals surface area contributed by atoms with Crippen molar-refractivity contribution >= 4 is 28.6 Å². The van der Waals surface area contributed by atoms with Crippen LogP contribution in [0.3, 0.4) is 0 Å². The summed E-state index contributed by atoms with van der Waals surface area (Å²) in [6.07, 6.45) is 0. The highest BCUT2D eigenvalue weighted by Crippen LogP contribution is 2.41. The van der Waals surface area contributed by atoms with Crippen molar-refractivity contribution in [2.75, 3.05) is 6.79 Å². The maximum absolute atomic E-state index is 5.59. The monoisotopic (exact) mass is 386 g/mol. The molecule has 0 aromatic heterocycles. The van der Waals surface area contributed by atoms with Gasteiger partial charge in [0.2, 0.25) is 6.79 Å². The number of benzene rings is 3. The standard InChI is InChI=1S/C23H18N2O2S/c28-23-24-21(16-9-5-2-6-10-16)20(15-7-3-1-4-8-15)22(25-23)17-11-12-18-19(13-17)27-14-26-18/h1-13,22H,14H2,(H2,24,25,28). The van der Waals surface area contributed by atoms with E-state index in [1.807, 2.05) is 36.4 Å². The Kier molecular flexibility index (Phi) is 4.22. The van der Waals surface area contributed by atoms with Crippen molar-refractivity contribution in [3.8, 4) is 11.5 Å². The molecular weight excluding hydrogens is 368 g/mol. The number of rotatable bonds is 3. The maximum atomic E-state index is 5.59. The SMILES string of the molecule is S=C1NC(c2ccccc2)=C(c2ccccc2)C(c2ccc3c(c2)OCO3)N1. The molecule has 0 radical (unpaired) electrons. The molecular formula is C23H18N2O2S. The van der Waals surface area contributed by atoms with Crippen LogP contribution in [-0.4, -0.2) is 11.9 Å². The van der Waals surface area contributed by atoms with E-state index in [0.29, 0.717) is 5.11 Å². The lowest BCUT2D eigenvalue weighted by Gasteiger charge is -2.33. The summed E-state index contributed by atoms with van der Waals surface area (Å²) in [5.74, 6) is 1.53. The van der Waals surface area contributed by atoms with Crippen molar-refractivity contribution in [1.82, 2.24) is 10.6 Å². The van der Waals surface area contributed by atoms with Crippen molar-refractivity contribution in [2.45, 2.75) is 6.04 Å². The Bertz CT molecular complexity index is 1060. The van der Waals surface area contributed by atoms with Crippen LogP contribution >= 0.6 is 12.2 Å². The summed E-state index contributed by atoms with van der Waals surface area (Å²) in [4.78, 5) is 0. The largest absolute Gasteiger partial charge is 0.454 e. The number of nitrogens with one attached hydrogen (secondary N) is 2. The molecule has 0 aliphatic carbocycles. The smallest absolute Gasteiger partial charge is 0.231 e. The van der Waals surface area contributed by atoms with Gasteiger partial charge in [0.1, 0.15) is 0 Å². The molecule has 0 amide bonds. The van der Waals surface area contributed by atoms with Gasteiger partial charge in [-0.1, -0.05) is 66.7 Å². The van der Waals surface area contributed by atoms with Crippen LogP contribution in [-0.2, 0) is 0 Å². The van der Waals surface area contributed by atoms with Gasteiger partial charge in [-0.2, -0.15) is 0 Å². The third kappa shape index (κ3) is 3.00. The molecule has 2 aliphatic rings. The van der Waals surface area contributed by atoms with E-state index in [4.69, 9.17) is 21.7 Å². The van der Waals surface area contributed by atoms with E-state index in [2.05, 4.69) is 53.1 Å². The highest BCUT2D eigenvalue weighted by atomic mass is 32.1. The lowest BCUT2D eigenvalue weighted by molar-refractivity contribution is 0.174. The Balaban J connectivity index is 1.71. The molecule has 1 unspecified atom stereocenters. The third-order valence-corrected chi connectivity index (χ3v) is 5.17. The normalized spacial score (nSPS) is 17.9. The van der Waals surface area contributed by atoms with Crippen LogP contribution in [0.25, 0.3) is 11.3 Å². The van der Waals surface area contributed by atoms with E-state index in [1.165, 1.54) is 0 Å². The fourth-order valence-corrected chi connectivity index (χ4v) is 3.89. The molecule has 5 heteroatoms. The summed E-state index contributed by atoms with van der Waals surface area (Å²) >= 11 is 5.55. The number of hydrogen-bond acceptors (Lipinski definition) is 3. The first-order valence-electron chi connectivity index (χ1n) is 9.12. The van der Waals surface area contributed by atoms with Gasteiger partial charge in [-0.3, -0.25) is 0 Å². The van der Waals surface area contributed by atoms with Gasteiger partial charge in [0.05, 0.1) is 11.7 Å². The molecule has 0 saturated carbocycles. The Labute approximate surface area is 168 Å². The van der Waals surface area contributed by atoms with Gasteiger partial charge in [0.25, 0.3) is 0 Å². The molecule has 5 rings (SSSR count). The molecule has 3 aromatic carbocycles. The summed E-state index contributed by atoms with van der Waals surface area (Å²) in [5, 5.41) is 7.41. The van der Waals surface area contributed by atoms with Crippen LogP contribution in [0.4, 0.5) is 0 Å². The molecule has 4 nitrogen and oxygen atoms in total. The van der Waals surface area contributed by atoms with Crippen LogP contribution in [0.1, 0.15) is 22.7 Å². The van der Waals surface area contributed by atoms with E-state index in [9.17, 15) is 0 Å². The van der Waals surface area contributed by atoms with Gasteiger partial charge in [0.15, 0.2) is 16.6 Å². The number of thiocarbonyl (C=S) groups is 1. The zero-order valence-corrected chi connectivity index (χ0v) is 15.8. The fraction of sp³-hybridized carbons (Fsp3) is 0.0870. The summed E-state index contributed by atoms with van der Waals surface area (Å²) in [6, 6.07) is 26.6. The van der Waals surface area contributed by atoms with Crippen molar-refractivity contribution < 1.29 is 9.47 Å². The third-order valence-electron chi connectivity index (χ3n) is 4.95. The molecule has 2 heterocycles. The van der Waals surface area contributed by atoms with E-state index in [0.717, 1.165) is 39.5 Å². The van der Waals surface area contributed by atoms with Gasteiger partial charge >= 0.3 is 0 Å². The zero-order valence-electron chi connectivity index (χ0n) is 15.0. The van der Waals surface area contributed by atoms with E-state index < -0.39 is 0 Å². The summed E-state index contributed by atoms with van der Waals surface area (Å²) < 4.78 is 11.1. The van der Waals surface area contributed by atoms with Crippen LogP contribution in [0.5, 0.6) is 11.5 Å². The van der Waals surface area contributed by atoms with Gasteiger partial charge < -0.3 is 20.1 Å². The Hall–Kier alpha value is -3.31. The molecule has 3 aromatic rings. The topological polar surface area (TPSA) is 42.5 Å². The molecule has 0 spiro atoms. The summed E-state index contributed by atoms with van der Waals surface area (Å²) in [6.45, 7) is 0.257. The predicted molar refractivity (Wildman–Crippen MR) is 114 cm³/mol. The first-order valence-corrected chi connectivity index (χ1v) is 9.52. The molecule has 28 heavy (non-hydrogen) atoms. The summed E-state index contributed by atoms with van der Waals surface area (Å²) in [5.41, 5.74) is 5.44. The van der Waals surface area contributed by atoms with Crippen LogP contribution in [0, 0.1) is 0 Å². The lowest BCUT2D eigenvalue weighted by atomic mass is 9.88. The van der Waals surface area contributed by atoms with E-state index in [1.54, 1.807) is 0 Å². The minimum atomic E-state index is -0.110. The maximum Gasteiger partial charge on any atom is 0.231 e. The average Bonchev–Trinajstić information content (AvgIpc) is 3.22. The second-order valence-corrected chi connectivity index (χ2v) is 7.07. The Morgan fingerprint density at radius 3 is 2.21 bits per heavy atom. The Morgan fingerprint density at radius 1 is 0.786 bits per heavy atom. The Morgan fingerprint density at radius 2 is 1.46 bits per heavy atom. The van der Waals surface area contributed by atoms with Crippen molar-refractivity contribution in [3.63, 3.8) is 0 Å². The quantitative estimate of drug-likeness (QED) is 0.649. The number of fused-ring (bicyclic) bond motifs is 1. The van der Waals surface area contributed by atoms with Gasteiger partial charge in [-0.15, -0.1) is 0 Å². The summed E-state index contributed by atoms with van der Waals surface area (Å²) in [7, 11) is 0. The molecule has 2 N–H and O–H groups in total. The van der Waals surface area contributed by atoms with Crippen LogP contribution < -0.4 is 20.1 Å². The van der Waals surface area contributed by atoms with E-state index >= 15 is 0 Å². The highest BCUT2D eigenvalue weighted by molar-refractivity contribution is 7.80. The second-order valence-electron chi connectivity index (χ2n) is 6.66. The molecule has 2 aliphatic heterocycles. The number of ether oxygens (including phenoxy) is 2. The fourth-order valence-electron chi connectivity index (χ4n) is 3.67. The molecule has 0 saturated heterocycles.